The number of para-hydroxylation sites is 2. The number of benzene rings is 1. The minimum atomic E-state index is -0.368. The molecule has 1 saturated heterocycles. The molecule has 7 nitrogen and oxygen atoms in total. The standard InChI is InChI=1S/C18H24N4O3/c1-13-11-20(2)14-6-3-4-7-15(14)22(12-13)16(23)8-5-9-21-17(24)10-19-18(21)25/h3-4,6-7,13H,5,8-12H2,1-2H3,(H,19,25). The maximum atomic E-state index is 12.8. The van der Waals surface area contributed by atoms with Crippen molar-refractivity contribution in [2.45, 2.75) is 19.8 Å². The second-order valence-corrected chi connectivity index (χ2v) is 6.79. The van der Waals surface area contributed by atoms with Gasteiger partial charge in [-0.1, -0.05) is 19.1 Å². The molecular formula is C18H24N4O3. The van der Waals surface area contributed by atoms with Gasteiger partial charge in [0.2, 0.25) is 11.8 Å². The first-order valence-corrected chi connectivity index (χ1v) is 8.66. The summed E-state index contributed by atoms with van der Waals surface area (Å²) in [5.41, 5.74) is 1.98. The van der Waals surface area contributed by atoms with Gasteiger partial charge in [0, 0.05) is 33.1 Å². The quantitative estimate of drug-likeness (QED) is 0.839. The minimum Gasteiger partial charge on any atom is -0.373 e. The molecule has 2 aliphatic heterocycles. The van der Waals surface area contributed by atoms with Crippen LogP contribution in [0.25, 0.3) is 0 Å². The third-order valence-corrected chi connectivity index (χ3v) is 4.67. The summed E-state index contributed by atoms with van der Waals surface area (Å²) in [5.74, 6) is 0.154. The average molecular weight is 344 g/mol. The fraction of sp³-hybridized carbons (Fsp3) is 0.500. The van der Waals surface area contributed by atoms with Crippen LogP contribution in [0.15, 0.2) is 24.3 Å². The molecule has 0 saturated carbocycles. The second kappa shape index (κ2) is 7.13. The lowest BCUT2D eigenvalue weighted by Crippen LogP contribution is -2.36. The molecule has 7 heteroatoms. The summed E-state index contributed by atoms with van der Waals surface area (Å²) >= 11 is 0. The molecule has 0 aliphatic carbocycles. The van der Waals surface area contributed by atoms with Crippen LogP contribution in [0.1, 0.15) is 19.8 Å². The summed E-state index contributed by atoms with van der Waals surface area (Å²) in [7, 11) is 2.04. The van der Waals surface area contributed by atoms with Gasteiger partial charge in [-0.3, -0.25) is 14.5 Å². The van der Waals surface area contributed by atoms with E-state index < -0.39 is 0 Å². The minimum absolute atomic E-state index is 0.0293. The van der Waals surface area contributed by atoms with E-state index >= 15 is 0 Å². The first-order chi connectivity index (χ1) is 12.0. The van der Waals surface area contributed by atoms with Gasteiger partial charge in [-0.2, -0.15) is 0 Å². The third kappa shape index (κ3) is 3.60. The Hall–Kier alpha value is -2.57. The summed E-state index contributed by atoms with van der Waals surface area (Å²) in [6.07, 6.45) is 0.780. The van der Waals surface area contributed by atoms with E-state index in [0.29, 0.717) is 25.3 Å². The molecule has 1 atom stereocenters. The van der Waals surface area contributed by atoms with Crippen LogP contribution in [-0.2, 0) is 9.59 Å². The van der Waals surface area contributed by atoms with Crippen molar-refractivity contribution in [1.29, 1.82) is 0 Å². The van der Waals surface area contributed by atoms with E-state index in [-0.39, 0.29) is 30.9 Å². The topological polar surface area (TPSA) is 73.0 Å². The van der Waals surface area contributed by atoms with Gasteiger partial charge >= 0.3 is 6.03 Å². The number of fused-ring (bicyclic) bond motifs is 1. The highest BCUT2D eigenvalue weighted by atomic mass is 16.2. The van der Waals surface area contributed by atoms with Crippen molar-refractivity contribution in [3.8, 4) is 0 Å². The highest BCUT2D eigenvalue weighted by Gasteiger charge is 2.29. The first-order valence-electron chi connectivity index (χ1n) is 8.66. The molecule has 3 rings (SSSR count). The van der Waals surface area contributed by atoms with Crippen molar-refractivity contribution in [2.24, 2.45) is 5.92 Å². The number of hydrogen-bond acceptors (Lipinski definition) is 4. The molecule has 0 spiro atoms. The number of anilines is 2. The molecule has 0 aromatic heterocycles. The van der Waals surface area contributed by atoms with Crippen LogP contribution in [0.4, 0.5) is 16.2 Å². The van der Waals surface area contributed by atoms with Crippen molar-refractivity contribution in [3.05, 3.63) is 24.3 Å². The number of carbonyl (C=O) groups excluding carboxylic acids is 3. The molecule has 2 aliphatic rings. The predicted octanol–water partition coefficient (Wildman–Crippen LogP) is 1.44. The Balaban J connectivity index is 1.67. The van der Waals surface area contributed by atoms with E-state index in [1.165, 1.54) is 4.90 Å². The summed E-state index contributed by atoms with van der Waals surface area (Å²) in [6.45, 7) is 4.03. The number of carbonyl (C=O) groups is 3. The number of hydrogen-bond donors (Lipinski definition) is 1. The van der Waals surface area contributed by atoms with E-state index in [4.69, 9.17) is 0 Å². The largest absolute Gasteiger partial charge is 0.373 e. The maximum absolute atomic E-state index is 12.8. The first kappa shape index (κ1) is 17.3. The fourth-order valence-corrected chi connectivity index (χ4v) is 3.49. The highest BCUT2D eigenvalue weighted by Crippen LogP contribution is 2.33. The zero-order valence-electron chi connectivity index (χ0n) is 14.7. The molecule has 1 N–H and O–H groups in total. The highest BCUT2D eigenvalue weighted by molar-refractivity contribution is 6.02. The van der Waals surface area contributed by atoms with Gasteiger partial charge in [0.05, 0.1) is 17.9 Å². The fourth-order valence-electron chi connectivity index (χ4n) is 3.49. The van der Waals surface area contributed by atoms with Gasteiger partial charge < -0.3 is 15.1 Å². The molecule has 0 radical (unpaired) electrons. The SMILES string of the molecule is CC1CN(C)c2ccccc2N(C(=O)CCCN2C(=O)CNC2=O)C1. The molecule has 1 aromatic carbocycles. The van der Waals surface area contributed by atoms with Crippen LogP contribution < -0.4 is 15.1 Å². The number of urea groups is 1. The summed E-state index contributed by atoms with van der Waals surface area (Å²) in [6, 6.07) is 7.55. The normalized spacial score (nSPS) is 20.4. The van der Waals surface area contributed by atoms with Crippen LogP contribution in [-0.4, -0.2) is 56.0 Å². The number of amides is 4. The monoisotopic (exact) mass is 344 g/mol. The predicted molar refractivity (Wildman–Crippen MR) is 95.6 cm³/mol. The smallest absolute Gasteiger partial charge is 0.324 e. The molecule has 1 fully saturated rings. The van der Waals surface area contributed by atoms with Gasteiger partial charge in [0.1, 0.15) is 0 Å². The van der Waals surface area contributed by atoms with Crippen molar-refractivity contribution >= 4 is 29.2 Å². The Morgan fingerprint density at radius 2 is 1.92 bits per heavy atom. The molecule has 0 bridgehead atoms. The number of rotatable bonds is 4. The van der Waals surface area contributed by atoms with Crippen molar-refractivity contribution in [1.82, 2.24) is 10.2 Å². The van der Waals surface area contributed by atoms with Gasteiger partial charge in [0.25, 0.3) is 0 Å². The molecular weight excluding hydrogens is 320 g/mol. The lowest BCUT2D eigenvalue weighted by atomic mass is 10.1. The Bertz CT molecular complexity index is 675. The molecule has 1 unspecified atom stereocenters. The number of nitrogens with one attached hydrogen (secondary N) is 1. The van der Waals surface area contributed by atoms with Crippen LogP contribution >= 0.6 is 0 Å². The van der Waals surface area contributed by atoms with E-state index in [1.807, 2.05) is 36.2 Å². The summed E-state index contributed by atoms with van der Waals surface area (Å²) in [4.78, 5) is 41.1. The van der Waals surface area contributed by atoms with Crippen molar-refractivity contribution in [2.75, 3.05) is 43.0 Å². The number of imide groups is 1. The second-order valence-electron chi connectivity index (χ2n) is 6.79. The Labute approximate surface area is 147 Å². The zero-order valence-corrected chi connectivity index (χ0v) is 14.7. The van der Waals surface area contributed by atoms with Crippen LogP contribution in [0.5, 0.6) is 0 Å². The molecule has 4 amide bonds. The average Bonchev–Trinajstić information content (AvgIpc) is 2.84. The van der Waals surface area contributed by atoms with E-state index in [1.54, 1.807) is 0 Å². The summed E-state index contributed by atoms with van der Waals surface area (Å²) in [5, 5.41) is 2.49. The van der Waals surface area contributed by atoms with Crippen LogP contribution in [0.2, 0.25) is 0 Å². The molecule has 2 heterocycles. The van der Waals surface area contributed by atoms with Gasteiger partial charge in [-0.25, -0.2) is 4.79 Å². The zero-order chi connectivity index (χ0) is 18.0. The Morgan fingerprint density at radius 3 is 2.60 bits per heavy atom. The van der Waals surface area contributed by atoms with Gasteiger partial charge in [-0.15, -0.1) is 0 Å². The Morgan fingerprint density at radius 1 is 1.20 bits per heavy atom. The maximum Gasteiger partial charge on any atom is 0.324 e. The molecule has 25 heavy (non-hydrogen) atoms. The Kier molecular flexibility index (Phi) is 4.92. The lowest BCUT2D eigenvalue weighted by molar-refractivity contribution is -0.125. The lowest BCUT2D eigenvalue weighted by Gasteiger charge is -2.25. The van der Waals surface area contributed by atoms with Crippen molar-refractivity contribution < 1.29 is 14.4 Å². The number of nitrogens with zero attached hydrogens (tertiary/aromatic N) is 3. The van der Waals surface area contributed by atoms with Crippen LogP contribution in [0.3, 0.4) is 0 Å². The van der Waals surface area contributed by atoms with E-state index in [2.05, 4.69) is 17.1 Å². The summed E-state index contributed by atoms with van der Waals surface area (Å²) < 4.78 is 0. The van der Waals surface area contributed by atoms with E-state index in [9.17, 15) is 14.4 Å². The van der Waals surface area contributed by atoms with E-state index in [0.717, 1.165) is 17.9 Å². The molecule has 1 aromatic rings. The molecule has 134 valence electrons. The van der Waals surface area contributed by atoms with Crippen LogP contribution in [0, 0.1) is 5.92 Å². The third-order valence-electron chi connectivity index (χ3n) is 4.67. The van der Waals surface area contributed by atoms with Gasteiger partial charge in [0.15, 0.2) is 0 Å². The van der Waals surface area contributed by atoms with Gasteiger partial charge in [-0.05, 0) is 24.5 Å². The van der Waals surface area contributed by atoms with Crippen molar-refractivity contribution in [3.63, 3.8) is 0 Å².